The van der Waals surface area contributed by atoms with Crippen LogP contribution in [-0.4, -0.2) is 46.7 Å². The van der Waals surface area contributed by atoms with Crippen LogP contribution in [0.1, 0.15) is 16.8 Å². The number of nitro groups is 1. The molecule has 29 heavy (non-hydrogen) atoms. The second kappa shape index (κ2) is 8.70. The highest BCUT2D eigenvalue weighted by atomic mass is 35.5. The van der Waals surface area contributed by atoms with Crippen LogP contribution in [0.15, 0.2) is 48.5 Å². The number of carbonyl (C=O) groups is 3. The Hall–Kier alpha value is -3.46. The van der Waals surface area contributed by atoms with Crippen LogP contribution in [0.25, 0.3) is 0 Å². The van der Waals surface area contributed by atoms with E-state index in [-0.39, 0.29) is 30.8 Å². The molecule has 1 aliphatic rings. The molecule has 2 aromatic rings. The maximum Gasteiger partial charge on any atom is 0.269 e. The molecule has 0 aliphatic carbocycles. The molecule has 3 rings (SSSR count). The Morgan fingerprint density at radius 3 is 2.62 bits per heavy atom. The molecule has 1 fully saturated rings. The van der Waals surface area contributed by atoms with Crippen molar-refractivity contribution < 1.29 is 19.3 Å². The summed E-state index contributed by atoms with van der Waals surface area (Å²) in [7, 11) is 0. The molecule has 2 aromatic carbocycles. The summed E-state index contributed by atoms with van der Waals surface area (Å²) in [5.41, 5.74) is 0.535. The largest absolute Gasteiger partial charge is 0.353 e. The molecular formula is C19H17ClN4O5. The highest BCUT2D eigenvalue weighted by molar-refractivity contribution is 6.30. The lowest BCUT2D eigenvalue weighted by Crippen LogP contribution is -2.58. The Morgan fingerprint density at radius 2 is 1.97 bits per heavy atom. The van der Waals surface area contributed by atoms with Gasteiger partial charge in [0.25, 0.3) is 11.6 Å². The van der Waals surface area contributed by atoms with Crippen LogP contribution >= 0.6 is 11.6 Å². The molecule has 150 valence electrons. The van der Waals surface area contributed by atoms with Gasteiger partial charge in [0.15, 0.2) is 0 Å². The number of rotatable bonds is 5. The van der Waals surface area contributed by atoms with Crippen LogP contribution in [-0.2, 0) is 9.59 Å². The lowest BCUT2D eigenvalue weighted by atomic mass is 10.1. The summed E-state index contributed by atoms with van der Waals surface area (Å²) in [6.45, 7) is 0.473. The van der Waals surface area contributed by atoms with Gasteiger partial charge in [-0.15, -0.1) is 0 Å². The fraction of sp³-hybridized carbons (Fsp3) is 0.211. The lowest BCUT2D eigenvalue weighted by molar-refractivity contribution is -0.384. The van der Waals surface area contributed by atoms with Crippen molar-refractivity contribution in [3.8, 4) is 0 Å². The van der Waals surface area contributed by atoms with E-state index in [0.717, 1.165) is 0 Å². The third-order valence-corrected chi connectivity index (χ3v) is 4.64. The minimum absolute atomic E-state index is 0.143. The molecule has 10 heteroatoms. The zero-order valence-corrected chi connectivity index (χ0v) is 15.9. The van der Waals surface area contributed by atoms with Gasteiger partial charge in [0, 0.05) is 41.5 Å². The van der Waals surface area contributed by atoms with Gasteiger partial charge in [-0.1, -0.05) is 17.7 Å². The maximum atomic E-state index is 12.8. The van der Waals surface area contributed by atoms with Crippen molar-refractivity contribution in [1.29, 1.82) is 0 Å². The number of halogens is 1. The summed E-state index contributed by atoms with van der Waals surface area (Å²) in [4.78, 5) is 49.1. The third-order valence-electron chi connectivity index (χ3n) is 4.40. The zero-order valence-electron chi connectivity index (χ0n) is 15.1. The number of anilines is 1. The van der Waals surface area contributed by atoms with Gasteiger partial charge in [0.05, 0.1) is 11.3 Å². The quantitative estimate of drug-likeness (QED) is 0.571. The van der Waals surface area contributed by atoms with E-state index in [0.29, 0.717) is 10.7 Å². The van der Waals surface area contributed by atoms with Crippen LogP contribution in [0.3, 0.4) is 0 Å². The molecule has 3 amide bonds. The molecule has 1 heterocycles. The molecular weight excluding hydrogens is 400 g/mol. The van der Waals surface area contributed by atoms with Crippen LogP contribution in [0.5, 0.6) is 0 Å². The van der Waals surface area contributed by atoms with Gasteiger partial charge in [-0.3, -0.25) is 24.5 Å². The minimum Gasteiger partial charge on any atom is -0.353 e. The molecule has 0 unspecified atom stereocenters. The van der Waals surface area contributed by atoms with Gasteiger partial charge in [0.1, 0.15) is 6.04 Å². The number of nitro benzene ring substituents is 1. The molecule has 0 radical (unpaired) electrons. The average molecular weight is 417 g/mol. The second-order valence-electron chi connectivity index (χ2n) is 6.37. The number of non-ortho nitro benzene ring substituents is 1. The smallest absolute Gasteiger partial charge is 0.269 e. The van der Waals surface area contributed by atoms with E-state index in [2.05, 4.69) is 10.6 Å². The number of hydrogen-bond donors (Lipinski definition) is 2. The Labute approximate surface area is 170 Å². The minimum atomic E-state index is -0.995. The van der Waals surface area contributed by atoms with Crippen molar-refractivity contribution in [3.63, 3.8) is 0 Å². The molecule has 1 atom stereocenters. The number of hydrogen-bond acceptors (Lipinski definition) is 5. The number of piperazine rings is 1. The average Bonchev–Trinajstić information content (AvgIpc) is 2.69. The summed E-state index contributed by atoms with van der Waals surface area (Å²) in [5, 5.41) is 16.5. The van der Waals surface area contributed by atoms with Crippen molar-refractivity contribution in [3.05, 3.63) is 69.2 Å². The summed E-state index contributed by atoms with van der Waals surface area (Å²) < 4.78 is 0. The van der Waals surface area contributed by atoms with Crippen molar-refractivity contribution >= 4 is 40.7 Å². The summed E-state index contributed by atoms with van der Waals surface area (Å²) in [6, 6.07) is 10.7. The van der Waals surface area contributed by atoms with Gasteiger partial charge in [-0.25, -0.2) is 0 Å². The van der Waals surface area contributed by atoms with Crippen molar-refractivity contribution in [1.82, 2.24) is 10.2 Å². The monoisotopic (exact) mass is 416 g/mol. The van der Waals surface area contributed by atoms with E-state index in [1.807, 2.05) is 0 Å². The topological polar surface area (TPSA) is 122 Å². The van der Waals surface area contributed by atoms with Crippen molar-refractivity contribution in [2.45, 2.75) is 12.5 Å². The van der Waals surface area contributed by atoms with Crippen LogP contribution < -0.4 is 10.6 Å². The number of nitrogens with one attached hydrogen (secondary N) is 2. The van der Waals surface area contributed by atoms with Gasteiger partial charge in [-0.05, 0) is 30.3 Å². The van der Waals surface area contributed by atoms with E-state index >= 15 is 0 Å². The number of benzene rings is 2. The van der Waals surface area contributed by atoms with Crippen LogP contribution in [0.2, 0.25) is 5.02 Å². The highest BCUT2D eigenvalue weighted by Gasteiger charge is 2.35. The molecule has 1 saturated heterocycles. The first-order valence-corrected chi connectivity index (χ1v) is 9.11. The SMILES string of the molecule is O=C(C[C@@H]1C(=O)NCCN1C(=O)c1ccc([N+](=O)[O-])cc1)Nc1cccc(Cl)c1. The Balaban J connectivity index is 1.74. The zero-order chi connectivity index (χ0) is 21.0. The Bertz CT molecular complexity index is 963. The summed E-state index contributed by atoms with van der Waals surface area (Å²) in [6.07, 6.45) is -0.239. The second-order valence-corrected chi connectivity index (χ2v) is 6.81. The molecule has 0 spiro atoms. The fourth-order valence-corrected chi connectivity index (χ4v) is 3.20. The van der Waals surface area contributed by atoms with E-state index in [9.17, 15) is 24.5 Å². The van der Waals surface area contributed by atoms with Crippen LogP contribution in [0.4, 0.5) is 11.4 Å². The van der Waals surface area contributed by atoms with Crippen molar-refractivity contribution in [2.24, 2.45) is 0 Å². The van der Waals surface area contributed by atoms with Gasteiger partial charge < -0.3 is 15.5 Å². The molecule has 2 N–H and O–H groups in total. The van der Waals surface area contributed by atoms with Gasteiger partial charge in [0.2, 0.25) is 11.8 Å². The predicted octanol–water partition coefficient (Wildman–Crippen LogP) is 2.22. The van der Waals surface area contributed by atoms with Crippen LogP contribution in [0, 0.1) is 10.1 Å². The third kappa shape index (κ3) is 4.88. The van der Waals surface area contributed by atoms with Gasteiger partial charge in [-0.2, -0.15) is 0 Å². The van der Waals surface area contributed by atoms with Gasteiger partial charge >= 0.3 is 0 Å². The lowest BCUT2D eigenvalue weighted by Gasteiger charge is -2.34. The molecule has 0 aromatic heterocycles. The summed E-state index contributed by atoms with van der Waals surface area (Å²) >= 11 is 5.90. The first kappa shape index (κ1) is 20.3. The maximum absolute atomic E-state index is 12.8. The first-order chi connectivity index (χ1) is 13.8. The fourth-order valence-electron chi connectivity index (χ4n) is 3.01. The van der Waals surface area contributed by atoms with E-state index < -0.39 is 28.7 Å². The number of carbonyl (C=O) groups excluding carboxylic acids is 3. The van der Waals surface area contributed by atoms with E-state index in [4.69, 9.17) is 11.6 Å². The van der Waals surface area contributed by atoms with E-state index in [1.54, 1.807) is 24.3 Å². The predicted molar refractivity (Wildman–Crippen MR) is 106 cm³/mol. The van der Waals surface area contributed by atoms with Crippen molar-refractivity contribution in [2.75, 3.05) is 18.4 Å². The normalized spacial score (nSPS) is 16.1. The highest BCUT2D eigenvalue weighted by Crippen LogP contribution is 2.19. The van der Waals surface area contributed by atoms with E-state index in [1.165, 1.54) is 29.2 Å². The Morgan fingerprint density at radius 1 is 1.24 bits per heavy atom. The molecule has 0 saturated carbocycles. The molecule has 0 bridgehead atoms. The molecule has 1 aliphatic heterocycles. The first-order valence-electron chi connectivity index (χ1n) is 8.73. The number of amides is 3. The summed E-state index contributed by atoms with van der Waals surface area (Å²) in [5.74, 6) is -1.36. The Kier molecular flexibility index (Phi) is 6.08. The standard InChI is InChI=1S/C19H17ClN4O5/c20-13-2-1-3-14(10-13)22-17(25)11-16-18(26)21-8-9-23(16)19(27)12-4-6-15(7-5-12)24(28)29/h1-7,10,16H,8-9,11H2,(H,21,26)(H,22,25)/t16-/m1/s1. The molecule has 9 nitrogen and oxygen atoms in total. The number of nitrogens with zero attached hydrogens (tertiary/aromatic N) is 2.